The zero-order valence-electron chi connectivity index (χ0n) is 16.6. The number of carbonyl (C=O) groups is 2. The molecule has 0 radical (unpaired) electrons. The van der Waals surface area contributed by atoms with Crippen molar-refractivity contribution in [1.82, 2.24) is 0 Å². The molecular weight excluding hydrogens is 380 g/mol. The molecule has 0 atom stereocenters. The molecule has 0 heterocycles. The predicted octanol–water partition coefficient (Wildman–Crippen LogP) is 1.34. The molecule has 30 heavy (non-hydrogen) atoms. The van der Waals surface area contributed by atoms with Crippen LogP contribution in [0.4, 0.5) is 11.4 Å². The Kier molecular flexibility index (Phi) is 10.1. The number of rotatable bonds is 4. The minimum absolute atomic E-state index is 0.361. The Morgan fingerprint density at radius 1 is 0.533 bits per heavy atom. The normalized spacial score (nSPS) is 9.40. The molecule has 0 saturated carbocycles. The lowest BCUT2D eigenvalue weighted by Crippen LogP contribution is -2.13. The molecular formula is C22H28N6O2. The highest BCUT2D eigenvalue weighted by atomic mass is 16.1. The third kappa shape index (κ3) is 8.87. The Bertz CT molecular complexity index is 846. The highest BCUT2D eigenvalue weighted by Crippen LogP contribution is 2.05. The molecule has 8 heteroatoms. The maximum atomic E-state index is 10.6. The maximum Gasteiger partial charge on any atom is 0.248 e. The molecule has 8 nitrogen and oxygen atoms in total. The van der Waals surface area contributed by atoms with Gasteiger partial charge in [0.25, 0.3) is 0 Å². The van der Waals surface area contributed by atoms with Crippen molar-refractivity contribution in [3.05, 3.63) is 95.1 Å². The molecule has 3 rings (SSSR count). The zero-order chi connectivity index (χ0) is 22.5. The van der Waals surface area contributed by atoms with Crippen molar-refractivity contribution in [3.8, 4) is 0 Å². The fourth-order valence-corrected chi connectivity index (χ4v) is 2.11. The van der Waals surface area contributed by atoms with E-state index in [-0.39, 0.29) is 0 Å². The van der Waals surface area contributed by atoms with Crippen LogP contribution in [0, 0.1) is 0 Å². The van der Waals surface area contributed by atoms with Crippen molar-refractivity contribution >= 4 is 23.2 Å². The molecule has 0 unspecified atom stereocenters. The highest BCUT2D eigenvalue weighted by molar-refractivity contribution is 5.96. The van der Waals surface area contributed by atoms with Crippen molar-refractivity contribution in [2.45, 2.75) is 13.1 Å². The number of anilines is 2. The SMILES string of the molecule is NC(=O)c1ccc(C(N)=O)cc1.NCc1ccc(CN)cc1.Nc1ccc(N)cc1. The average molecular weight is 409 g/mol. The van der Waals surface area contributed by atoms with Gasteiger partial charge in [-0.15, -0.1) is 0 Å². The quantitative estimate of drug-likeness (QED) is 0.353. The molecule has 0 bridgehead atoms. The van der Waals surface area contributed by atoms with E-state index in [0.717, 1.165) is 22.5 Å². The fraction of sp³-hybridized carbons (Fsp3) is 0.0909. The van der Waals surface area contributed by atoms with Crippen LogP contribution in [0.15, 0.2) is 72.8 Å². The monoisotopic (exact) mass is 408 g/mol. The van der Waals surface area contributed by atoms with E-state index >= 15 is 0 Å². The predicted molar refractivity (Wildman–Crippen MR) is 121 cm³/mol. The van der Waals surface area contributed by atoms with Gasteiger partial charge in [-0.05, 0) is 59.7 Å². The van der Waals surface area contributed by atoms with Crippen molar-refractivity contribution in [2.24, 2.45) is 22.9 Å². The molecule has 0 aliphatic heterocycles. The van der Waals surface area contributed by atoms with E-state index in [9.17, 15) is 9.59 Å². The molecule has 0 saturated heterocycles. The number of hydrogen-bond acceptors (Lipinski definition) is 6. The van der Waals surface area contributed by atoms with Gasteiger partial charge in [-0.25, -0.2) is 0 Å². The van der Waals surface area contributed by atoms with E-state index in [1.165, 1.54) is 24.3 Å². The van der Waals surface area contributed by atoms with Gasteiger partial charge in [0.05, 0.1) is 0 Å². The van der Waals surface area contributed by atoms with E-state index in [1.807, 2.05) is 24.3 Å². The van der Waals surface area contributed by atoms with Gasteiger partial charge < -0.3 is 34.4 Å². The number of benzene rings is 3. The summed E-state index contributed by atoms with van der Waals surface area (Å²) in [6.45, 7) is 1.20. The standard InChI is InChI=1S/C8H8N2O2.C8H12N2.C6H8N2/c9-7(11)5-1-2-6(4-3-5)8(10)12;9-5-7-1-2-8(6-10)4-3-7;7-5-1-2-6(8)4-3-5/h1-4H,(H2,9,11)(H2,10,12);1-4H,5-6,9-10H2;1-4H,7-8H2. The zero-order valence-corrected chi connectivity index (χ0v) is 16.6. The summed E-state index contributed by atoms with van der Waals surface area (Å²) < 4.78 is 0. The van der Waals surface area contributed by atoms with Gasteiger partial charge in [0, 0.05) is 35.6 Å². The number of carbonyl (C=O) groups excluding carboxylic acids is 2. The minimum atomic E-state index is -0.522. The molecule has 3 aromatic carbocycles. The van der Waals surface area contributed by atoms with Crippen LogP contribution in [0.25, 0.3) is 0 Å². The molecule has 0 spiro atoms. The number of primary amides is 2. The average Bonchev–Trinajstić information content (AvgIpc) is 2.76. The summed E-state index contributed by atoms with van der Waals surface area (Å²) in [5, 5.41) is 0. The van der Waals surface area contributed by atoms with E-state index in [4.69, 9.17) is 34.4 Å². The Morgan fingerprint density at radius 2 is 0.800 bits per heavy atom. The minimum Gasteiger partial charge on any atom is -0.399 e. The molecule has 0 aliphatic carbocycles. The summed E-state index contributed by atoms with van der Waals surface area (Å²) in [6.07, 6.45) is 0. The van der Waals surface area contributed by atoms with Crippen LogP contribution in [0.3, 0.4) is 0 Å². The van der Waals surface area contributed by atoms with Crippen LogP contribution in [-0.2, 0) is 13.1 Å². The summed E-state index contributed by atoms with van der Waals surface area (Å²) in [4.78, 5) is 21.2. The number of nitrogen functional groups attached to an aromatic ring is 2. The second-order valence-corrected chi connectivity index (χ2v) is 6.20. The largest absolute Gasteiger partial charge is 0.399 e. The number of amides is 2. The highest BCUT2D eigenvalue weighted by Gasteiger charge is 2.02. The molecule has 0 fully saturated rings. The first-order valence-electron chi connectivity index (χ1n) is 9.05. The van der Waals surface area contributed by atoms with Gasteiger partial charge in [-0.2, -0.15) is 0 Å². The lowest BCUT2D eigenvalue weighted by atomic mass is 10.1. The van der Waals surface area contributed by atoms with Gasteiger partial charge in [-0.1, -0.05) is 24.3 Å². The number of hydrogen-bond donors (Lipinski definition) is 6. The second-order valence-electron chi connectivity index (χ2n) is 6.20. The van der Waals surface area contributed by atoms with Crippen LogP contribution in [0.1, 0.15) is 31.8 Å². The van der Waals surface area contributed by atoms with Crippen molar-refractivity contribution < 1.29 is 9.59 Å². The van der Waals surface area contributed by atoms with E-state index in [0.29, 0.717) is 24.2 Å². The topological polar surface area (TPSA) is 190 Å². The van der Waals surface area contributed by atoms with Crippen LogP contribution in [-0.4, -0.2) is 11.8 Å². The van der Waals surface area contributed by atoms with Crippen LogP contribution >= 0.6 is 0 Å². The van der Waals surface area contributed by atoms with Gasteiger partial charge in [0.1, 0.15) is 0 Å². The van der Waals surface area contributed by atoms with E-state index < -0.39 is 11.8 Å². The van der Waals surface area contributed by atoms with Gasteiger partial charge in [-0.3, -0.25) is 9.59 Å². The first-order chi connectivity index (χ1) is 14.3. The van der Waals surface area contributed by atoms with E-state index in [1.54, 1.807) is 24.3 Å². The Balaban J connectivity index is 0.000000230. The Labute approximate surface area is 175 Å². The Hall–Kier alpha value is -3.88. The van der Waals surface area contributed by atoms with Gasteiger partial charge in [0.15, 0.2) is 0 Å². The molecule has 3 aromatic rings. The molecule has 0 aliphatic rings. The van der Waals surface area contributed by atoms with Crippen molar-refractivity contribution in [2.75, 3.05) is 11.5 Å². The van der Waals surface area contributed by atoms with Gasteiger partial charge in [0.2, 0.25) is 11.8 Å². The summed E-state index contributed by atoms with van der Waals surface area (Å²) in [7, 11) is 0. The second kappa shape index (κ2) is 12.6. The van der Waals surface area contributed by atoms with Crippen LogP contribution in [0.2, 0.25) is 0 Å². The van der Waals surface area contributed by atoms with Crippen LogP contribution in [0.5, 0.6) is 0 Å². The molecule has 0 aromatic heterocycles. The first-order valence-corrected chi connectivity index (χ1v) is 9.05. The summed E-state index contributed by atoms with van der Waals surface area (Å²) in [5.74, 6) is -1.04. The fourth-order valence-electron chi connectivity index (χ4n) is 2.11. The summed E-state index contributed by atoms with van der Waals surface area (Å²) >= 11 is 0. The van der Waals surface area contributed by atoms with Crippen molar-refractivity contribution in [3.63, 3.8) is 0 Å². The van der Waals surface area contributed by atoms with Crippen LogP contribution < -0.4 is 34.4 Å². The lowest BCUT2D eigenvalue weighted by molar-refractivity contribution is 0.0988. The third-order valence-corrected chi connectivity index (χ3v) is 3.88. The third-order valence-electron chi connectivity index (χ3n) is 3.88. The molecule has 158 valence electrons. The maximum absolute atomic E-state index is 10.6. The van der Waals surface area contributed by atoms with E-state index in [2.05, 4.69) is 0 Å². The molecule has 12 N–H and O–H groups in total. The summed E-state index contributed by atoms with van der Waals surface area (Å²) in [5.41, 5.74) is 36.1. The molecule has 2 amide bonds. The van der Waals surface area contributed by atoms with Gasteiger partial charge >= 0.3 is 0 Å². The first kappa shape index (κ1) is 24.2. The lowest BCUT2D eigenvalue weighted by Gasteiger charge is -1.97. The Morgan fingerprint density at radius 3 is 1.00 bits per heavy atom. The summed E-state index contributed by atoms with van der Waals surface area (Å²) in [6, 6.07) is 20.9. The van der Waals surface area contributed by atoms with Crippen molar-refractivity contribution in [1.29, 1.82) is 0 Å². The smallest absolute Gasteiger partial charge is 0.248 e. The number of nitrogens with two attached hydrogens (primary N) is 6.